The molecule has 21 heavy (non-hydrogen) atoms. The van der Waals surface area contributed by atoms with Gasteiger partial charge in [0.15, 0.2) is 0 Å². The number of pyridine rings is 1. The molecular formula is C15H19N3O3. The third-order valence-corrected chi connectivity index (χ3v) is 4.20. The Morgan fingerprint density at radius 2 is 1.90 bits per heavy atom. The molecule has 3 rings (SSSR count). The summed E-state index contributed by atoms with van der Waals surface area (Å²) in [5, 5.41) is 0. The highest BCUT2D eigenvalue weighted by Crippen LogP contribution is 2.24. The summed E-state index contributed by atoms with van der Waals surface area (Å²) in [4.78, 5) is 31.9. The molecule has 1 saturated heterocycles. The summed E-state index contributed by atoms with van der Waals surface area (Å²) in [6, 6.07) is 0. The number of ether oxygens (including phenoxy) is 1. The summed E-state index contributed by atoms with van der Waals surface area (Å²) in [6.45, 7) is 2.69. The Bertz CT molecular complexity index is 567. The van der Waals surface area contributed by atoms with Crippen LogP contribution in [-0.2, 0) is 17.7 Å². The zero-order chi connectivity index (χ0) is 14.8. The van der Waals surface area contributed by atoms with E-state index >= 15 is 0 Å². The molecule has 2 aliphatic rings. The molecule has 0 atom stereocenters. The van der Waals surface area contributed by atoms with E-state index in [2.05, 4.69) is 4.98 Å². The Labute approximate surface area is 123 Å². The number of fused-ring (bicyclic) bond motifs is 1. The van der Waals surface area contributed by atoms with Gasteiger partial charge in [-0.15, -0.1) is 0 Å². The number of nitrogens with zero attached hydrogens (tertiary/aromatic N) is 3. The number of carbonyl (C=O) groups excluding carboxylic acids is 2. The minimum atomic E-state index is -0.336. The van der Waals surface area contributed by atoms with E-state index in [1.54, 1.807) is 17.3 Å². The zero-order valence-corrected chi connectivity index (χ0v) is 12.2. The number of hydrogen-bond donors (Lipinski definition) is 0. The topological polar surface area (TPSA) is 62.7 Å². The molecule has 0 radical (unpaired) electrons. The maximum atomic E-state index is 12.6. The third kappa shape index (κ3) is 2.57. The first-order valence-corrected chi connectivity index (χ1v) is 7.28. The van der Waals surface area contributed by atoms with Gasteiger partial charge in [-0.05, 0) is 30.4 Å². The summed E-state index contributed by atoms with van der Waals surface area (Å²) in [5.74, 6) is 0.0726. The van der Waals surface area contributed by atoms with Crippen LogP contribution < -0.4 is 0 Å². The summed E-state index contributed by atoms with van der Waals surface area (Å²) in [5.41, 5.74) is 2.66. The molecule has 0 N–H and O–H groups in total. The van der Waals surface area contributed by atoms with Crippen molar-refractivity contribution < 1.29 is 14.3 Å². The lowest BCUT2D eigenvalue weighted by molar-refractivity contribution is 0.0790. The molecule has 1 aromatic rings. The van der Waals surface area contributed by atoms with E-state index in [1.807, 2.05) is 4.90 Å². The number of amides is 2. The van der Waals surface area contributed by atoms with Crippen LogP contribution in [0.5, 0.6) is 0 Å². The Morgan fingerprint density at radius 3 is 2.62 bits per heavy atom. The average molecular weight is 289 g/mol. The predicted octanol–water partition coefficient (Wildman–Crippen LogP) is 1.44. The van der Waals surface area contributed by atoms with E-state index in [9.17, 15) is 9.59 Å². The smallest absolute Gasteiger partial charge is 0.409 e. The summed E-state index contributed by atoms with van der Waals surface area (Å²) in [6.07, 6.45) is 5.88. The molecule has 3 heterocycles. The molecule has 1 fully saturated rings. The zero-order valence-electron chi connectivity index (χ0n) is 12.2. The summed E-state index contributed by atoms with van der Waals surface area (Å²) >= 11 is 0. The lowest BCUT2D eigenvalue weighted by atomic mass is 9.96. The molecule has 1 aromatic heterocycles. The molecule has 2 amide bonds. The van der Waals surface area contributed by atoms with Gasteiger partial charge in [0.1, 0.15) is 0 Å². The molecule has 6 heteroatoms. The molecular weight excluding hydrogens is 270 g/mol. The van der Waals surface area contributed by atoms with E-state index in [0.717, 1.165) is 37.1 Å². The van der Waals surface area contributed by atoms with Gasteiger partial charge in [0, 0.05) is 32.0 Å². The second-order valence-corrected chi connectivity index (χ2v) is 5.47. The minimum absolute atomic E-state index is 0.0726. The van der Waals surface area contributed by atoms with Crippen LogP contribution >= 0.6 is 0 Å². The monoisotopic (exact) mass is 289 g/mol. The summed E-state index contributed by atoms with van der Waals surface area (Å²) < 4.78 is 4.76. The van der Waals surface area contributed by atoms with Gasteiger partial charge in [0.2, 0.25) is 0 Å². The number of carbonyl (C=O) groups is 2. The summed E-state index contributed by atoms with van der Waals surface area (Å²) in [7, 11) is 1.38. The van der Waals surface area contributed by atoms with E-state index in [4.69, 9.17) is 4.74 Å². The number of hydrogen-bond acceptors (Lipinski definition) is 4. The maximum Gasteiger partial charge on any atom is 0.409 e. The second kappa shape index (κ2) is 5.71. The van der Waals surface area contributed by atoms with Gasteiger partial charge in [-0.3, -0.25) is 9.78 Å². The van der Waals surface area contributed by atoms with Crippen LogP contribution in [0.15, 0.2) is 12.4 Å². The minimum Gasteiger partial charge on any atom is -0.453 e. The Morgan fingerprint density at radius 1 is 1.14 bits per heavy atom. The van der Waals surface area contributed by atoms with Crippen molar-refractivity contribution in [3.63, 3.8) is 0 Å². The fraction of sp³-hybridized carbons (Fsp3) is 0.533. The Balaban J connectivity index is 1.85. The number of aromatic nitrogens is 1. The van der Waals surface area contributed by atoms with Crippen molar-refractivity contribution in [3.05, 3.63) is 29.1 Å². The average Bonchev–Trinajstić information content (AvgIpc) is 3.06. The highest BCUT2D eigenvalue weighted by Gasteiger charge is 2.27. The van der Waals surface area contributed by atoms with E-state index < -0.39 is 0 Å². The molecule has 0 bridgehead atoms. The molecule has 0 spiro atoms. The quantitative estimate of drug-likeness (QED) is 0.785. The fourth-order valence-corrected chi connectivity index (χ4v) is 3.05. The van der Waals surface area contributed by atoms with Crippen LogP contribution in [0.3, 0.4) is 0 Å². The van der Waals surface area contributed by atoms with Gasteiger partial charge in [-0.2, -0.15) is 0 Å². The number of likely N-dealkylation sites (tertiary alicyclic amines) is 1. The van der Waals surface area contributed by atoms with Gasteiger partial charge in [0.05, 0.1) is 19.2 Å². The van der Waals surface area contributed by atoms with Gasteiger partial charge in [-0.1, -0.05) is 0 Å². The molecule has 0 aliphatic carbocycles. The van der Waals surface area contributed by atoms with Crippen molar-refractivity contribution in [3.8, 4) is 0 Å². The van der Waals surface area contributed by atoms with Crippen LogP contribution in [-0.4, -0.2) is 53.5 Å². The highest BCUT2D eigenvalue weighted by molar-refractivity contribution is 5.96. The normalized spacial score (nSPS) is 17.6. The Kier molecular flexibility index (Phi) is 3.77. The molecule has 0 unspecified atom stereocenters. The second-order valence-electron chi connectivity index (χ2n) is 5.47. The number of rotatable bonds is 1. The fourth-order valence-electron chi connectivity index (χ4n) is 3.05. The van der Waals surface area contributed by atoms with Crippen molar-refractivity contribution in [2.45, 2.75) is 25.8 Å². The van der Waals surface area contributed by atoms with Crippen molar-refractivity contribution in [1.82, 2.24) is 14.8 Å². The van der Waals surface area contributed by atoms with Crippen LogP contribution in [0.1, 0.15) is 34.3 Å². The van der Waals surface area contributed by atoms with Crippen molar-refractivity contribution >= 4 is 12.0 Å². The number of methoxy groups -OCH3 is 1. The van der Waals surface area contributed by atoms with Gasteiger partial charge >= 0.3 is 6.09 Å². The molecule has 112 valence electrons. The first-order chi connectivity index (χ1) is 10.2. The van der Waals surface area contributed by atoms with Crippen molar-refractivity contribution in [2.24, 2.45) is 0 Å². The third-order valence-electron chi connectivity index (χ3n) is 4.20. The Hall–Kier alpha value is -2.11. The van der Waals surface area contributed by atoms with Crippen molar-refractivity contribution in [2.75, 3.05) is 26.7 Å². The molecule has 6 nitrogen and oxygen atoms in total. The SMILES string of the molecule is COC(=O)N1CCc2c(cncc2C(=O)N2CCCC2)C1. The first-order valence-electron chi connectivity index (χ1n) is 7.28. The standard InChI is InChI=1S/C15H19N3O3/c1-21-15(20)18-7-4-12-11(10-18)8-16-9-13(12)14(19)17-5-2-3-6-17/h8-9H,2-7,10H2,1H3. The van der Waals surface area contributed by atoms with Crippen LogP contribution in [0.2, 0.25) is 0 Å². The predicted molar refractivity (Wildman–Crippen MR) is 75.9 cm³/mol. The van der Waals surface area contributed by atoms with Crippen LogP contribution in [0.4, 0.5) is 4.79 Å². The van der Waals surface area contributed by atoms with Crippen LogP contribution in [0, 0.1) is 0 Å². The van der Waals surface area contributed by atoms with Gasteiger partial charge < -0.3 is 14.5 Å². The van der Waals surface area contributed by atoms with Crippen molar-refractivity contribution in [1.29, 1.82) is 0 Å². The van der Waals surface area contributed by atoms with E-state index in [-0.39, 0.29) is 12.0 Å². The maximum absolute atomic E-state index is 12.6. The largest absolute Gasteiger partial charge is 0.453 e. The highest BCUT2D eigenvalue weighted by atomic mass is 16.5. The van der Waals surface area contributed by atoms with E-state index in [1.165, 1.54) is 7.11 Å². The molecule has 0 saturated carbocycles. The lowest BCUT2D eigenvalue weighted by Gasteiger charge is -2.29. The first kappa shape index (κ1) is 13.9. The lowest BCUT2D eigenvalue weighted by Crippen LogP contribution is -2.37. The van der Waals surface area contributed by atoms with E-state index in [0.29, 0.717) is 25.1 Å². The van der Waals surface area contributed by atoms with Gasteiger partial charge in [-0.25, -0.2) is 4.79 Å². The molecule has 2 aliphatic heterocycles. The van der Waals surface area contributed by atoms with Crippen LogP contribution in [0.25, 0.3) is 0 Å². The molecule has 0 aromatic carbocycles. The van der Waals surface area contributed by atoms with Gasteiger partial charge in [0.25, 0.3) is 5.91 Å².